The van der Waals surface area contributed by atoms with Crippen LogP contribution in [-0.4, -0.2) is 16.2 Å². The summed E-state index contributed by atoms with van der Waals surface area (Å²) >= 11 is 0. The second-order valence-electron chi connectivity index (χ2n) is 8.78. The molecule has 2 N–H and O–H groups in total. The van der Waals surface area contributed by atoms with Crippen LogP contribution < -0.4 is 0 Å². The van der Waals surface area contributed by atoms with Gasteiger partial charge in [-0.05, 0) is 91.0 Å². The van der Waals surface area contributed by atoms with Crippen LogP contribution in [0.3, 0.4) is 0 Å². The summed E-state index contributed by atoms with van der Waals surface area (Å²) in [6, 6.07) is 12.8. The lowest BCUT2D eigenvalue weighted by Crippen LogP contribution is -2.48. The van der Waals surface area contributed by atoms with Gasteiger partial charge in [0.15, 0.2) is 0 Å². The molecule has 4 aliphatic rings. The zero-order valence-corrected chi connectivity index (χ0v) is 14.8. The number of rotatable bonds is 3. The van der Waals surface area contributed by atoms with Crippen molar-refractivity contribution in [2.45, 2.75) is 43.9 Å². The van der Waals surface area contributed by atoms with Crippen LogP contribution in [0.15, 0.2) is 42.5 Å². The van der Waals surface area contributed by atoms with E-state index >= 15 is 0 Å². The van der Waals surface area contributed by atoms with Crippen molar-refractivity contribution in [2.24, 2.45) is 17.8 Å². The van der Waals surface area contributed by atoms with Crippen LogP contribution in [0.25, 0.3) is 11.1 Å². The maximum Gasteiger partial charge on any atom is 0.336 e. The molecular formula is C23H24O3. The van der Waals surface area contributed by atoms with Gasteiger partial charge in [-0.1, -0.05) is 24.3 Å². The second kappa shape index (κ2) is 5.60. The first-order valence-corrected chi connectivity index (χ1v) is 9.70. The number of carboxylic acids is 1. The lowest BCUT2D eigenvalue weighted by atomic mass is 9.48. The predicted molar refractivity (Wildman–Crippen MR) is 100 cm³/mol. The van der Waals surface area contributed by atoms with Gasteiger partial charge in [-0.25, -0.2) is 4.79 Å². The number of hydrogen-bond acceptors (Lipinski definition) is 2. The van der Waals surface area contributed by atoms with Gasteiger partial charge in [0, 0.05) is 5.56 Å². The van der Waals surface area contributed by atoms with E-state index in [1.54, 1.807) is 18.2 Å². The Balaban J connectivity index is 1.62. The van der Waals surface area contributed by atoms with Crippen molar-refractivity contribution >= 4 is 5.97 Å². The molecule has 2 aromatic carbocycles. The molecule has 0 radical (unpaired) electrons. The number of aromatic carboxylic acids is 1. The van der Waals surface area contributed by atoms with Gasteiger partial charge in [0.05, 0.1) is 5.56 Å². The summed E-state index contributed by atoms with van der Waals surface area (Å²) < 4.78 is 0. The number of carboxylic acid groups (broad SMARTS) is 1. The Kier molecular flexibility index (Phi) is 3.43. The molecule has 6 rings (SSSR count). The van der Waals surface area contributed by atoms with Crippen LogP contribution >= 0.6 is 0 Å². The van der Waals surface area contributed by atoms with Gasteiger partial charge in [0.25, 0.3) is 0 Å². The summed E-state index contributed by atoms with van der Waals surface area (Å²) in [5.74, 6) is 1.87. The third-order valence-corrected chi connectivity index (χ3v) is 7.07. The number of benzene rings is 2. The first kappa shape index (κ1) is 15.9. The molecule has 3 nitrogen and oxygen atoms in total. The summed E-state index contributed by atoms with van der Waals surface area (Å²) in [6.45, 7) is 0. The molecule has 0 spiro atoms. The van der Waals surface area contributed by atoms with Crippen LogP contribution in [-0.2, 0) is 5.41 Å². The van der Waals surface area contributed by atoms with E-state index < -0.39 is 5.97 Å². The van der Waals surface area contributed by atoms with Gasteiger partial charge in [0.1, 0.15) is 5.75 Å². The van der Waals surface area contributed by atoms with E-state index in [1.165, 1.54) is 38.5 Å². The SMILES string of the molecule is O=C(O)c1ccccc1-c1ccc(O)c(C23CC4CC(CC(C4)C2)C3)c1. The first-order chi connectivity index (χ1) is 12.5. The Hall–Kier alpha value is -2.29. The summed E-state index contributed by atoms with van der Waals surface area (Å²) in [5, 5.41) is 20.2. The lowest BCUT2D eigenvalue weighted by Gasteiger charge is -2.57. The molecule has 0 aromatic heterocycles. The number of phenolic OH excluding ortho intramolecular Hbond substituents is 1. The quantitative estimate of drug-likeness (QED) is 0.799. The van der Waals surface area contributed by atoms with Gasteiger partial charge in [0.2, 0.25) is 0 Å². The molecule has 0 amide bonds. The van der Waals surface area contributed by atoms with Crippen LogP contribution in [0.1, 0.15) is 54.4 Å². The van der Waals surface area contributed by atoms with Gasteiger partial charge in [-0.2, -0.15) is 0 Å². The zero-order chi connectivity index (χ0) is 17.9. The fourth-order valence-electron chi connectivity index (χ4n) is 6.49. The highest BCUT2D eigenvalue weighted by Gasteiger charge is 2.52. The number of aromatic hydroxyl groups is 1. The zero-order valence-electron chi connectivity index (χ0n) is 14.8. The topological polar surface area (TPSA) is 57.5 Å². The summed E-state index contributed by atoms with van der Waals surface area (Å²) in [6.07, 6.45) is 7.62. The molecule has 2 aromatic rings. The molecule has 0 unspecified atom stereocenters. The standard InChI is InChI=1S/C23H24O3/c24-21-6-5-17(18-3-1-2-4-19(18)22(25)26)10-20(21)23-11-14-7-15(12-23)9-16(8-14)13-23/h1-6,10,14-16,24H,7-9,11-13H2,(H,25,26). The molecule has 26 heavy (non-hydrogen) atoms. The molecule has 3 heteroatoms. The highest BCUT2D eigenvalue weighted by molar-refractivity contribution is 5.96. The summed E-state index contributed by atoms with van der Waals surface area (Å²) in [5.41, 5.74) is 3.08. The second-order valence-corrected chi connectivity index (χ2v) is 8.78. The van der Waals surface area contributed by atoms with E-state index in [4.69, 9.17) is 0 Å². The minimum Gasteiger partial charge on any atom is -0.508 e. The Morgan fingerprint density at radius 1 is 0.923 bits per heavy atom. The van der Waals surface area contributed by atoms with Crippen LogP contribution in [0.5, 0.6) is 5.75 Å². The highest BCUT2D eigenvalue weighted by atomic mass is 16.4. The molecule has 0 saturated heterocycles. The van der Waals surface area contributed by atoms with Crippen molar-refractivity contribution < 1.29 is 15.0 Å². The van der Waals surface area contributed by atoms with Gasteiger partial charge in [-0.15, -0.1) is 0 Å². The highest BCUT2D eigenvalue weighted by Crippen LogP contribution is 2.62. The number of hydrogen-bond donors (Lipinski definition) is 2. The van der Waals surface area contributed by atoms with Crippen molar-refractivity contribution in [3.05, 3.63) is 53.6 Å². The fraction of sp³-hybridized carbons (Fsp3) is 0.435. The molecule has 4 aliphatic carbocycles. The van der Waals surface area contributed by atoms with Gasteiger partial charge >= 0.3 is 5.97 Å². The third-order valence-electron chi connectivity index (χ3n) is 7.07. The molecule has 134 valence electrons. The molecule has 4 bridgehead atoms. The average Bonchev–Trinajstić information content (AvgIpc) is 2.61. The van der Waals surface area contributed by atoms with E-state index in [9.17, 15) is 15.0 Å². The van der Waals surface area contributed by atoms with Gasteiger partial charge in [-0.3, -0.25) is 0 Å². The maximum atomic E-state index is 11.6. The van der Waals surface area contributed by atoms with E-state index in [1.807, 2.05) is 18.2 Å². The van der Waals surface area contributed by atoms with Crippen molar-refractivity contribution in [3.8, 4) is 16.9 Å². The monoisotopic (exact) mass is 348 g/mol. The van der Waals surface area contributed by atoms with Crippen molar-refractivity contribution in [2.75, 3.05) is 0 Å². The Morgan fingerprint density at radius 2 is 1.54 bits per heavy atom. The van der Waals surface area contributed by atoms with E-state index in [-0.39, 0.29) is 5.41 Å². The van der Waals surface area contributed by atoms with E-state index in [0.29, 0.717) is 11.3 Å². The molecular weight excluding hydrogens is 324 g/mol. The molecule has 4 saturated carbocycles. The van der Waals surface area contributed by atoms with Crippen molar-refractivity contribution in [1.82, 2.24) is 0 Å². The smallest absolute Gasteiger partial charge is 0.336 e. The molecule has 0 atom stereocenters. The average molecular weight is 348 g/mol. The minimum atomic E-state index is -0.912. The maximum absolute atomic E-state index is 11.6. The van der Waals surface area contributed by atoms with Crippen LogP contribution in [0, 0.1) is 17.8 Å². The van der Waals surface area contributed by atoms with Crippen LogP contribution in [0.4, 0.5) is 0 Å². The fourth-order valence-corrected chi connectivity index (χ4v) is 6.49. The first-order valence-electron chi connectivity index (χ1n) is 9.70. The normalized spacial score (nSPS) is 31.9. The third kappa shape index (κ3) is 2.37. The number of phenols is 1. The Bertz CT molecular complexity index is 847. The Morgan fingerprint density at radius 3 is 2.15 bits per heavy atom. The van der Waals surface area contributed by atoms with Gasteiger partial charge < -0.3 is 10.2 Å². The molecule has 0 aliphatic heterocycles. The molecule has 0 heterocycles. The largest absolute Gasteiger partial charge is 0.508 e. The minimum absolute atomic E-state index is 0.0903. The van der Waals surface area contributed by atoms with Crippen LogP contribution in [0.2, 0.25) is 0 Å². The number of carbonyl (C=O) groups is 1. The lowest BCUT2D eigenvalue weighted by molar-refractivity contribution is -0.00611. The Labute approximate surface area is 153 Å². The predicted octanol–water partition coefficient (Wildman–Crippen LogP) is 5.23. The molecule has 4 fully saturated rings. The van der Waals surface area contributed by atoms with E-state index in [2.05, 4.69) is 6.07 Å². The summed E-state index contributed by atoms with van der Waals surface area (Å²) in [4.78, 5) is 11.6. The van der Waals surface area contributed by atoms with Crippen molar-refractivity contribution in [3.63, 3.8) is 0 Å². The van der Waals surface area contributed by atoms with E-state index in [0.717, 1.165) is 34.4 Å². The van der Waals surface area contributed by atoms with Crippen molar-refractivity contribution in [1.29, 1.82) is 0 Å². The summed E-state index contributed by atoms with van der Waals surface area (Å²) in [7, 11) is 0.